The van der Waals surface area contributed by atoms with Crippen molar-refractivity contribution in [3.63, 3.8) is 0 Å². The lowest BCUT2D eigenvalue weighted by molar-refractivity contribution is -0.118. The van der Waals surface area contributed by atoms with Crippen molar-refractivity contribution in [1.82, 2.24) is 15.3 Å². The molecule has 26 heavy (non-hydrogen) atoms. The number of nitrogens with zero attached hydrogens (tertiary/aromatic N) is 2. The van der Waals surface area contributed by atoms with Crippen LogP contribution in [0.4, 0.5) is 4.79 Å². The Kier molecular flexibility index (Phi) is 4.46. The SMILES string of the molecule is CCc1ccc(Cc2nc3cc(CC4SC(=O)NC4=O)ccc3o2)nc1. The number of benzene rings is 1. The first-order valence-electron chi connectivity index (χ1n) is 8.44. The fourth-order valence-electron chi connectivity index (χ4n) is 2.89. The van der Waals surface area contributed by atoms with Gasteiger partial charge in [0, 0.05) is 11.9 Å². The van der Waals surface area contributed by atoms with Gasteiger partial charge in [-0.3, -0.25) is 19.9 Å². The molecule has 1 aliphatic rings. The van der Waals surface area contributed by atoms with Gasteiger partial charge in [-0.2, -0.15) is 0 Å². The molecule has 3 heterocycles. The zero-order valence-corrected chi connectivity index (χ0v) is 15.0. The van der Waals surface area contributed by atoms with Gasteiger partial charge in [0.05, 0.1) is 11.7 Å². The topological polar surface area (TPSA) is 85.1 Å². The van der Waals surface area contributed by atoms with E-state index in [1.165, 1.54) is 5.56 Å². The van der Waals surface area contributed by atoms with Crippen LogP contribution in [0.1, 0.15) is 29.6 Å². The lowest BCUT2D eigenvalue weighted by atomic mass is 10.1. The lowest BCUT2D eigenvalue weighted by Crippen LogP contribution is -2.25. The van der Waals surface area contributed by atoms with Gasteiger partial charge in [0.15, 0.2) is 5.58 Å². The van der Waals surface area contributed by atoms with Crippen LogP contribution >= 0.6 is 11.8 Å². The predicted molar refractivity (Wildman–Crippen MR) is 99.1 cm³/mol. The van der Waals surface area contributed by atoms with E-state index in [0.717, 1.165) is 35.0 Å². The molecule has 6 nitrogen and oxygen atoms in total. The Morgan fingerprint density at radius 3 is 2.73 bits per heavy atom. The summed E-state index contributed by atoms with van der Waals surface area (Å²) in [4.78, 5) is 32.0. The Balaban J connectivity index is 1.51. The highest BCUT2D eigenvalue weighted by molar-refractivity contribution is 8.15. The summed E-state index contributed by atoms with van der Waals surface area (Å²) < 4.78 is 5.80. The van der Waals surface area contributed by atoms with Gasteiger partial charge in [-0.1, -0.05) is 30.8 Å². The fourth-order valence-corrected chi connectivity index (χ4v) is 3.75. The van der Waals surface area contributed by atoms with Gasteiger partial charge in [0.2, 0.25) is 11.8 Å². The molecular formula is C19H17N3O3S. The molecule has 1 atom stereocenters. The molecule has 0 radical (unpaired) electrons. The largest absolute Gasteiger partial charge is 0.440 e. The number of carbonyl (C=O) groups excluding carboxylic acids is 2. The molecule has 1 aliphatic heterocycles. The highest BCUT2D eigenvalue weighted by Gasteiger charge is 2.31. The van der Waals surface area contributed by atoms with E-state index in [2.05, 4.69) is 28.3 Å². The molecule has 1 fully saturated rings. The highest BCUT2D eigenvalue weighted by Crippen LogP contribution is 2.25. The molecule has 1 saturated heterocycles. The van der Waals surface area contributed by atoms with Crippen LogP contribution in [0.2, 0.25) is 0 Å². The van der Waals surface area contributed by atoms with Crippen LogP contribution in [0.3, 0.4) is 0 Å². The lowest BCUT2D eigenvalue weighted by Gasteiger charge is -2.04. The maximum absolute atomic E-state index is 11.7. The summed E-state index contributed by atoms with van der Waals surface area (Å²) in [5.74, 6) is 0.375. The molecular weight excluding hydrogens is 350 g/mol. The second-order valence-corrected chi connectivity index (χ2v) is 7.36. The number of carbonyl (C=O) groups is 2. The van der Waals surface area contributed by atoms with Crippen molar-refractivity contribution in [2.45, 2.75) is 31.4 Å². The van der Waals surface area contributed by atoms with Crippen molar-refractivity contribution in [3.05, 3.63) is 59.2 Å². The summed E-state index contributed by atoms with van der Waals surface area (Å²) >= 11 is 1.03. The first-order chi connectivity index (χ1) is 12.6. The van der Waals surface area contributed by atoms with Gasteiger partial charge < -0.3 is 4.42 Å². The van der Waals surface area contributed by atoms with E-state index in [0.29, 0.717) is 24.3 Å². The van der Waals surface area contributed by atoms with Crippen molar-refractivity contribution in [1.29, 1.82) is 0 Å². The second-order valence-electron chi connectivity index (χ2n) is 6.19. The maximum atomic E-state index is 11.7. The maximum Gasteiger partial charge on any atom is 0.286 e. The van der Waals surface area contributed by atoms with Crippen LogP contribution < -0.4 is 5.32 Å². The first-order valence-corrected chi connectivity index (χ1v) is 9.32. The minimum Gasteiger partial charge on any atom is -0.440 e. The molecule has 7 heteroatoms. The summed E-state index contributed by atoms with van der Waals surface area (Å²) in [6, 6.07) is 9.73. The number of rotatable bonds is 5. The Bertz CT molecular complexity index is 981. The molecule has 1 unspecified atom stereocenters. The molecule has 0 saturated carbocycles. The Hall–Kier alpha value is -2.67. The minimum atomic E-state index is -0.382. The number of aryl methyl sites for hydroxylation is 1. The van der Waals surface area contributed by atoms with E-state index in [4.69, 9.17) is 4.42 Å². The van der Waals surface area contributed by atoms with E-state index < -0.39 is 0 Å². The van der Waals surface area contributed by atoms with E-state index in [9.17, 15) is 9.59 Å². The summed E-state index contributed by atoms with van der Waals surface area (Å²) in [6.45, 7) is 2.10. The van der Waals surface area contributed by atoms with Crippen LogP contribution in [-0.2, 0) is 24.1 Å². The van der Waals surface area contributed by atoms with Crippen LogP contribution in [-0.4, -0.2) is 26.4 Å². The van der Waals surface area contributed by atoms with Gasteiger partial charge >= 0.3 is 0 Å². The fraction of sp³-hybridized carbons (Fsp3) is 0.263. The van der Waals surface area contributed by atoms with Crippen molar-refractivity contribution < 1.29 is 14.0 Å². The third-order valence-corrected chi connectivity index (χ3v) is 5.29. The van der Waals surface area contributed by atoms with Crippen LogP contribution in [0, 0.1) is 0 Å². The molecule has 3 aromatic rings. The molecule has 1 aromatic carbocycles. The van der Waals surface area contributed by atoms with Gasteiger partial charge in [0.1, 0.15) is 5.52 Å². The minimum absolute atomic E-state index is 0.234. The number of imide groups is 1. The highest BCUT2D eigenvalue weighted by atomic mass is 32.2. The summed E-state index contributed by atoms with van der Waals surface area (Å²) in [5, 5.41) is 1.64. The molecule has 0 bridgehead atoms. The van der Waals surface area contributed by atoms with Gasteiger partial charge in [-0.05, 0) is 42.2 Å². The Labute approximate surface area is 154 Å². The molecule has 0 spiro atoms. The number of nitrogens with one attached hydrogen (secondary N) is 1. The molecule has 2 aromatic heterocycles. The average molecular weight is 367 g/mol. The summed E-state index contributed by atoms with van der Waals surface area (Å²) in [7, 11) is 0. The average Bonchev–Trinajstić information content (AvgIpc) is 3.17. The van der Waals surface area contributed by atoms with E-state index >= 15 is 0 Å². The second kappa shape index (κ2) is 6.92. The van der Waals surface area contributed by atoms with Crippen LogP contribution in [0.25, 0.3) is 11.1 Å². The number of fused-ring (bicyclic) bond motifs is 1. The monoisotopic (exact) mass is 367 g/mol. The van der Waals surface area contributed by atoms with E-state index in [1.807, 2.05) is 30.5 Å². The molecule has 0 aliphatic carbocycles. The number of hydrogen-bond acceptors (Lipinski definition) is 6. The molecule has 2 amide bonds. The molecule has 132 valence electrons. The van der Waals surface area contributed by atoms with E-state index in [-0.39, 0.29) is 16.4 Å². The van der Waals surface area contributed by atoms with Gasteiger partial charge in [0.25, 0.3) is 5.24 Å². The quantitative estimate of drug-likeness (QED) is 0.745. The standard InChI is InChI=1S/C19H17N3O3S/c1-2-11-3-5-13(20-10-11)9-17-21-14-7-12(4-6-15(14)25-17)8-16-18(23)22-19(24)26-16/h3-7,10,16H,2,8-9H2,1H3,(H,22,23,24). The Morgan fingerprint density at radius 1 is 1.19 bits per heavy atom. The number of pyridine rings is 1. The van der Waals surface area contributed by atoms with Gasteiger partial charge in [-0.25, -0.2) is 4.98 Å². The number of hydrogen-bond donors (Lipinski definition) is 1. The van der Waals surface area contributed by atoms with Gasteiger partial charge in [-0.15, -0.1) is 0 Å². The van der Waals surface area contributed by atoms with Crippen molar-refractivity contribution >= 4 is 34.0 Å². The predicted octanol–water partition coefficient (Wildman–Crippen LogP) is 3.27. The smallest absolute Gasteiger partial charge is 0.286 e. The zero-order valence-electron chi connectivity index (χ0n) is 14.2. The Morgan fingerprint density at radius 2 is 2.04 bits per heavy atom. The van der Waals surface area contributed by atoms with Crippen molar-refractivity contribution in [2.75, 3.05) is 0 Å². The third-order valence-electron chi connectivity index (χ3n) is 4.31. The zero-order chi connectivity index (χ0) is 18.1. The summed E-state index contributed by atoms with van der Waals surface area (Å²) in [5.41, 5.74) is 4.51. The molecule has 4 rings (SSSR count). The number of thioether (sulfide) groups is 1. The summed E-state index contributed by atoms with van der Waals surface area (Å²) in [6.07, 6.45) is 3.85. The normalized spacial score (nSPS) is 17.0. The van der Waals surface area contributed by atoms with Crippen molar-refractivity contribution in [3.8, 4) is 0 Å². The molecule has 1 N–H and O–H groups in total. The third kappa shape index (κ3) is 3.48. The number of amides is 2. The van der Waals surface area contributed by atoms with Crippen molar-refractivity contribution in [2.24, 2.45) is 0 Å². The number of aromatic nitrogens is 2. The first kappa shape index (κ1) is 16.8. The van der Waals surface area contributed by atoms with Crippen LogP contribution in [0.5, 0.6) is 0 Å². The number of oxazole rings is 1. The van der Waals surface area contributed by atoms with Crippen LogP contribution in [0.15, 0.2) is 40.9 Å². The van der Waals surface area contributed by atoms with E-state index in [1.54, 1.807) is 0 Å².